The molecule has 0 atom stereocenters. The molecule has 0 unspecified atom stereocenters. The van der Waals surface area contributed by atoms with Gasteiger partial charge in [0, 0.05) is 49.3 Å². The second-order valence-electron chi connectivity index (χ2n) is 4.44. The van der Waals surface area contributed by atoms with E-state index in [-0.39, 0.29) is 26.8 Å². The summed E-state index contributed by atoms with van der Waals surface area (Å²) in [7, 11) is 0. The molecule has 0 radical (unpaired) electrons. The molecule has 1 aliphatic carbocycles. The number of pyridine rings is 1. The van der Waals surface area contributed by atoms with Gasteiger partial charge in [-0.3, -0.25) is 9.78 Å². The number of hydrogen-bond acceptors (Lipinski definition) is 2. The molecule has 0 N–H and O–H groups in total. The Kier molecular flexibility index (Phi) is 2.83. The number of rotatable bonds is 0. The van der Waals surface area contributed by atoms with Crippen molar-refractivity contribution in [3.63, 3.8) is 0 Å². The molecule has 1 aliphatic rings. The van der Waals surface area contributed by atoms with E-state index in [0.717, 1.165) is 33.2 Å². The summed E-state index contributed by atoms with van der Waals surface area (Å²) in [6, 6.07) is 15.4. The van der Waals surface area contributed by atoms with Crippen LogP contribution in [0.15, 0.2) is 54.7 Å². The fraction of sp³-hybridized carbons (Fsp3) is 0. The van der Waals surface area contributed by atoms with Crippen LogP contribution in [-0.2, 0) is 21.1 Å². The third-order valence-corrected chi connectivity index (χ3v) is 3.46. The van der Waals surface area contributed by atoms with Gasteiger partial charge >= 0.3 is 0 Å². The summed E-state index contributed by atoms with van der Waals surface area (Å²) in [5.41, 5.74) is 3.36. The second kappa shape index (κ2) is 4.39. The first-order valence-corrected chi connectivity index (χ1v) is 5.88. The molecule has 1 heterocycles. The van der Waals surface area contributed by atoms with E-state index in [9.17, 15) is 4.79 Å². The van der Waals surface area contributed by atoms with Gasteiger partial charge in [0.05, 0.1) is 5.69 Å². The van der Waals surface area contributed by atoms with Crippen LogP contribution in [0.4, 0.5) is 0 Å². The normalized spacial score (nSPS) is 11.9. The zero-order chi connectivity index (χ0) is 12.1. The van der Waals surface area contributed by atoms with E-state index in [4.69, 9.17) is 0 Å². The smallest absolute Gasteiger partial charge is 0.194 e. The molecule has 0 spiro atoms. The number of carbonyl (C=O) groups excluding carboxylic acids is 1. The average Bonchev–Trinajstić information content (AvgIpc) is 2.44. The molecule has 0 aliphatic heterocycles. The summed E-state index contributed by atoms with van der Waals surface area (Å²) in [4.78, 5) is 16.9. The Morgan fingerprint density at radius 1 is 0.789 bits per heavy atom. The van der Waals surface area contributed by atoms with E-state index in [1.807, 2.05) is 48.5 Å². The van der Waals surface area contributed by atoms with Gasteiger partial charge in [0.15, 0.2) is 5.78 Å². The Morgan fingerprint density at radius 2 is 1.53 bits per heavy atom. The SMILES string of the molecule is O=C1c2ccccc2-c2nccc3cccc1c23.[Pt]. The van der Waals surface area contributed by atoms with Crippen LogP contribution in [0.3, 0.4) is 0 Å². The van der Waals surface area contributed by atoms with E-state index in [0.29, 0.717) is 0 Å². The summed E-state index contributed by atoms with van der Waals surface area (Å²) in [6.45, 7) is 0. The first-order chi connectivity index (χ1) is 8.86. The van der Waals surface area contributed by atoms with Gasteiger partial charge in [0.2, 0.25) is 0 Å². The van der Waals surface area contributed by atoms with Gasteiger partial charge in [0.25, 0.3) is 0 Å². The number of carbonyl (C=O) groups is 1. The molecule has 1 aromatic heterocycles. The first-order valence-electron chi connectivity index (χ1n) is 5.88. The third-order valence-electron chi connectivity index (χ3n) is 3.46. The molecule has 2 nitrogen and oxygen atoms in total. The molecule has 3 aromatic rings. The summed E-state index contributed by atoms with van der Waals surface area (Å²) in [5.74, 6) is 0.0942. The van der Waals surface area contributed by atoms with Gasteiger partial charge in [-0.05, 0) is 11.5 Å². The average molecular weight is 426 g/mol. The molecule has 0 bridgehead atoms. The molecule has 2 aromatic carbocycles. The maximum atomic E-state index is 12.5. The molecule has 94 valence electrons. The fourth-order valence-corrected chi connectivity index (χ4v) is 2.66. The molecule has 0 saturated heterocycles. The third kappa shape index (κ3) is 1.60. The van der Waals surface area contributed by atoms with Crippen molar-refractivity contribution >= 4 is 16.6 Å². The van der Waals surface area contributed by atoms with Crippen molar-refractivity contribution in [3.8, 4) is 11.3 Å². The minimum absolute atomic E-state index is 0. The summed E-state index contributed by atoms with van der Waals surface area (Å²) >= 11 is 0. The number of benzene rings is 2. The van der Waals surface area contributed by atoms with Crippen LogP contribution in [0.5, 0.6) is 0 Å². The Morgan fingerprint density at radius 3 is 2.37 bits per heavy atom. The molecule has 0 amide bonds. The van der Waals surface area contributed by atoms with E-state index in [1.165, 1.54) is 0 Å². The van der Waals surface area contributed by atoms with Gasteiger partial charge in [-0.25, -0.2) is 0 Å². The minimum atomic E-state index is 0. The zero-order valence-electron chi connectivity index (χ0n) is 9.87. The number of ketones is 1. The number of hydrogen-bond donors (Lipinski definition) is 0. The van der Waals surface area contributed by atoms with E-state index in [1.54, 1.807) is 6.20 Å². The van der Waals surface area contributed by atoms with Crippen molar-refractivity contribution in [1.29, 1.82) is 0 Å². The zero-order valence-corrected chi connectivity index (χ0v) is 12.1. The van der Waals surface area contributed by atoms with E-state index < -0.39 is 0 Å². The maximum Gasteiger partial charge on any atom is 0.194 e. The van der Waals surface area contributed by atoms with Crippen molar-refractivity contribution < 1.29 is 25.9 Å². The molecule has 0 fully saturated rings. The van der Waals surface area contributed by atoms with E-state index in [2.05, 4.69) is 4.98 Å². The Labute approximate surface area is 124 Å². The summed E-state index contributed by atoms with van der Waals surface area (Å²) in [5, 5.41) is 2.05. The van der Waals surface area contributed by atoms with Gasteiger partial charge in [0.1, 0.15) is 0 Å². The Hall–Kier alpha value is -1.79. The van der Waals surface area contributed by atoms with E-state index >= 15 is 0 Å². The summed E-state index contributed by atoms with van der Waals surface area (Å²) < 4.78 is 0. The largest absolute Gasteiger partial charge is 0.289 e. The molecular weight excluding hydrogens is 417 g/mol. The maximum absolute atomic E-state index is 12.5. The Bertz CT molecular complexity index is 805. The molecular formula is C16H9NOPt. The van der Waals surface area contributed by atoms with Crippen molar-refractivity contribution in [3.05, 3.63) is 65.9 Å². The number of fused-ring (bicyclic) bond motifs is 2. The first kappa shape index (κ1) is 12.3. The standard InChI is InChI=1S/C16H9NO.Pt/c18-16-12-6-2-1-5-11(12)15-14-10(8-9-17-15)4-3-7-13(14)16;/h1-9H;. The molecule has 0 saturated carbocycles. The number of nitrogens with zero attached hydrogens (tertiary/aromatic N) is 1. The van der Waals surface area contributed by atoms with Crippen LogP contribution in [0.25, 0.3) is 22.0 Å². The van der Waals surface area contributed by atoms with Crippen molar-refractivity contribution in [2.75, 3.05) is 0 Å². The fourth-order valence-electron chi connectivity index (χ4n) is 2.66. The van der Waals surface area contributed by atoms with Crippen LogP contribution in [-0.4, -0.2) is 10.8 Å². The van der Waals surface area contributed by atoms with Crippen LogP contribution in [0.2, 0.25) is 0 Å². The predicted octanol–water partition coefficient (Wildman–Crippen LogP) is 3.44. The van der Waals surface area contributed by atoms with Crippen molar-refractivity contribution in [1.82, 2.24) is 4.98 Å². The molecule has 4 rings (SSSR count). The van der Waals surface area contributed by atoms with Crippen LogP contribution < -0.4 is 0 Å². The van der Waals surface area contributed by atoms with Crippen LogP contribution in [0.1, 0.15) is 15.9 Å². The Balaban J connectivity index is 0.00000110. The second-order valence-corrected chi connectivity index (χ2v) is 4.44. The quantitative estimate of drug-likeness (QED) is 0.431. The van der Waals surface area contributed by atoms with Crippen LogP contribution in [0, 0.1) is 0 Å². The predicted molar refractivity (Wildman–Crippen MR) is 70.6 cm³/mol. The van der Waals surface area contributed by atoms with Gasteiger partial charge in [-0.15, -0.1) is 0 Å². The summed E-state index contributed by atoms with van der Waals surface area (Å²) in [6.07, 6.45) is 1.80. The topological polar surface area (TPSA) is 30.0 Å². The van der Waals surface area contributed by atoms with Gasteiger partial charge in [-0.2, -0.15) is 0 Å². The van der Waals surface area contributed by atoms with Crippen molar-refractivity contribution in [2.24, 2.45) is 0 Å². The van der Waals surface area contributed by atoms with Gasteiger partial charge in [-0.1, -0.05) is 42.5 Å². The monoisotopic (exact) mass is 426 g/mol. The minimum Gasteiger partial charge on any atom is -0.289 e. The van der Waals surface area contributed by atoms with Crippen molar-refractivity contribution in [2.45, 2.75) is 0 Å². The van der Waals surface area contributed by atoms with Crippen LogP contribution >= 0.6 is 0 Å². The molecule has 19 heavy (non-hydrogen) atoms. The number of aromatic nitrogens is 1. The molecule has 3 heteroatoms. The van der Waals surface area contributed by atoms with Gasteiger partial charge < -0.3 is 0 Å².